The fourth-order valence-corrected chi connectivity index (χ4v) is 3.85. The Morgan fingerprint density at radius 2 is 2.06 bits per heavy atom. The smallest absolute Gasteiger partial charge is 0.282 e. The zero-order valence-electron chi connectivity index (χ0n) is 17.7. The second-order valence-electron chi connectivity index (χ2n) is 6.70. The van der Waals surface area contributed by atoms with Crippen LogP contribution in [0.1, 0.15) is 31.9 Å². The van der Waals surface area contributed by atoms with Gasteiger partial charge in [-0.25, -0.2) is 5.43 Å². The summed E-state index contributed by atoms with van der Waals surface area (Å²) < 4.78 is 11.0. The van der Waals surface area contributed by atoms with Gasteiger partial charge in [-0.15, -0.1) is 11.3 Å². The van der Waals surface area contributed by atoms with Crippen LogP contribution >= 0.6 is 11.3 Å². The van der Waals surface area contributed by atoms with E-state index in [4.69, 9.17) is 20.5 Å². The lowest BCUT2D eigenvalue weighted by Gasteiger charge is -2.12. The van der Waals surface area contributed by atoms with Crippen molar-refractivity contribution in [3.05, 3.63) is 79.7 Å². The topological polar surface area (TPSA) is 153 Å². The van der Waals surface area contributed by atoms with Gasteiger partial charge in [0, 0.05) is 0 Å². The van der Waals surface area contributed by atoms with E-state index in [1.165, 1.54) is 19.2 Å². The van der Waals surface area contributed by atoms with E-state index >= 15 is 0 Å². The molecule has 0 atom stereocenters. The first-order chi connectivity index (χ1) is 15.8. The number of nitrogens with two attached hydrogens (primary N) is 1. The Hall–Kier alpha value is -4.43. The molecule has 0 aliphatic carbocycles. The number of nitriles is 1. The van der Waals surface area contributed by atoms with E-state index in [9.17, 15) is 14.9 Å². The number of carbonyl (C=O) groups is 1. The highest BCUT2D eigenvalue weighted by molar-refractivity contribution is 7.18. The first-order valence-corrected chi connectivity index (χ1v) is 10.3. The summed E-state index contributed by atoms with van der Waals surface area (Å²) >= 11 is 0.964. The molecule has 10 nitrogen and oxygen atoms in total. The second kappa shape index (κ2) is 10.3. The van der Waals surface area contributed by atoms with Crippen molar-refractivity contribution in [2.24, 2.45) is 5.10 Å². The molecular formula is C22H19N5O5S. The summed E-state index contributed by atoms with van der Waals surface area (Å²) in [7, 11) is 1.41. The average Bonchev–Trinajstić information content (AvgIpc) is 3.11. The molecule has 2 aromatic carbocycles. The second-order valence-corrected chi connectivity index (χ2v) is 7.75. The van der Waals surface area contributed by atoms with Crippen molar-refractivity contribution >= 4 is 34.1 Å². The van der Waals surface area contributed by atoms with Gasteiger partial charge in [0.15, 0.2) is 11.5 Å². The van der Waals surface area contributed by atoms with Crippen LogP contribution < -0.4 is 20.6 Å². The van der Waals surface area contributed by atoms with Crippen molar-refractivity contribution in [1.29, 1.82) is 5.26 Å². The standard InChI is InChI=1S/C22H19N5O5S/c1-13-16(10-23)21(24)33-20(13)22(28)26-25-11-15-8-18(31-2)19(9-17(15)27(29)30)32-12-14-6-4-3-5-7-14/h3-9,11H,12,24H2,1-2H3,(H,26,28)/b25-11+. The maximum absolute atomic E-state index is 12.4. The number of hydrogen-bond acceptors (Lipinski definition) is 9. The Balaban J connectivity index is 1.82. The number of nitro groups is 1. The van der Waals surface area contributed by atoms with E-state index < -0.39 is 10.8 Å². The Morgan fingerprint density at radius 1 is 1.33 bits per heavy atom. The quantitative estimate of drug-likeness (QED) is 0.292. The summed E-state index contributed by atoms with van der Waals surface area (Å²) in [6, 6.07) is 13.9. The molecule has 33 heavy (non-hydrogen) atoms. The zero-order chi connectivity index (χ0) is 24.0. The predicted molar refractivity (Wildman–Crippen MR) is 124 cm³/mol. The van der Waals surface area contributed by atoms with Gasteiger partial charge < -0.3 is 15.2 Å². The van der Waals surface area contributed by atoms with Crippen LogP contribution in [0.15, 0.2) is 47.6 Å². The molecule has 0 bridgehead atoms. The van der Waals surface area contributed by atoms with Gasteiger partial charge in [0.1, 0.15) is 22.6 Å². The van der Waals surface area contributed by atoms with Crippen molar-refractivity contribution in [2.75, 3.05) is 12.8 Å². The van der Waals surface area contributed by atoms with Gasteiger partial charge in [-0.1, -0.05) is 30.3 Å². The first kappa shape index (κ1) is 23.2. The molecule has 0 spiro atoms. The largest absolute Gasteiger partial charge is 0.493 e. The predicted octanol–water partition coefficient (Wildman–Crippen LogP) is 3.77. The van der Waals surface area contributed by atoms with Crippen molar-refractivity contribution in [3.63, 3.8) is 0 Å². The third-order valence-electron chi connectivity index (χ3n) is 4.61. The van der Waals surface area contributed by atoms with Gasteiger partial charge in [0.25, 0.3) is 11.6 Å². The summed E-state index contributed by atoms with van der Waals surface area (Å²) in [5.74, 6) is -0.118. The highest BCUT2D eigenvalue weighted by Crippen LogP contribution is 2.34. The third kappa shape index (κ3) is 5.25. The van der Waals surface area contributed by atoms with Crippen LogP contribution in [0.25, 0.3) is 0 Å². The molecule has 1 heterocycles. The fourth-order valence-electron chi connectivity index (χ4n) is 2.94. The van der Waals surface area contributed by atoms with Crippen LogP contribution in [0, 0.1) is 28.4 Å². The highest BCUT2D eigenvalue weighted by atomic mass is 32.1. The SMILES string of the molecule is COc1cc(/C=N/NC(=O)c2sc(N)c(C#N)c2C)c([N+](=O)[O-])cc1OCc1ccccc1. The lowest BCUT2D eigenvalue weighted by molar-refractivity contribution is -0.385. The van der Waals surface area contributed by atoms with Crippen molar-refractivity contribution in [2.45, 2.75) is 13.5 Å². The van der Waals surface area contributed by atoms with E-state index in [0.29, 0.717) is 5.56 Å². The molecular weight excluding hydrogens is 446 g/mol. The Bertz CT molecular complexity index is 1260. The van der Waals surface area contributed by atoms with Crippen LogP contribution in [-0.2, 0) is 6.61 Å². The van der Waals surface area contributed by atoms with Gasteiger partial charge in [-0.3, -0.25) is 14.9 Å². The summed E-state index contributed by atoms with van der Waals surface area (Å²) in [5, 5.41) is 24.8. The average molecular weight is 465 g/mol. The summed E-state index contributed by atoms with van der Waals surface area (Å²) in [4.78, 5) is 23.6. The number of carbonyl (C=O) groups excluding carboxylic acids is 1. The summed E-state index contributed by atoms with van der Waals surface area (Å²) in [6.07, 6.45) is 1.14. The van der Waals surface area contributed by atoms with E-state index in [1.807, 2.05) is 36.4 Å². The Kier molecular flexibility index (Phi) is 7.22. The number of methoxy groups -OCH3 is 1. The molecule has 168 valence electrons. The summed E-state index contributed by atoms with van der Waals surface area (Å²) in [6.45, 7) is 1.81. The van der Waals surface area contributed by atoms with Crippen LogP contribution in [0.2, 0.25) is 0 Å². The van der Waals surface area contributed by atoms with Crippen molar-refractivity contribution in [1.82, 2.24) is 5.43 Å². The molecule has 0 fully saturated rings. The molecule has 3 rings (SSSR count). The molecule has 0 aliphatic rings. The number of anilines is 1. The van der Waals surface area contributed by atoms with Gasteiger partial charge in [0.2, 0.25) is 0 Å². The first-order valence-electron chi connectivity index (χ1n) is 9.51. The minimum absolute atomic E-state index is 0.101. The molecule has 3 aromatic rings. The number of rotatable bonds is 8. The molecule has 1 amide bonds. The number of hydrazone groups is 1. The summed E-state index contributed by atoms with van der Waals surface area (Å²) in [5.41, 5.74) is 9.44. The minimum atomic E-state index is -0.584. The van der Waals surface area contributed by atoms with E-state index in [0.717, 1.165) is 23.1 Å². The van der Waals surface area contributed by atoms with Crippen molar-refractivity contribution < 1.29 is 19.2 Å². The molecule has 0 radical (unpaired) electrons. The molecule has 0 unspecified atom stereocenters. The number of hydrogen-bond donors (Lipinski definition) is 2. The normalized spacial score (nSPS) is 10.6. The van der Waals surface area contributed by atoms with Gasteiger partial charge >= 0.3 is 0 Å². The number of nitrogens with zero attached hydrogens (tertiary/aromatic N) is 3. The maximum atomic E-state index is 12.4. The minimum Gasteiger partial charge on any atom is -0.493 e. The van der Waals surface area contributed by atoms with Crippen molar-refractivity contribution in [3.8, 4) is 17.6 Å². The maximum Gasteiger partial charge on any atom is 0.282 e. The lowest BCUT2D eigenvalue weighted by Crippen LogP contribution is -2.17. The molecule has 0 saturated carbocycles. The molecule has 1 aromatic heterocycles. The van der Waals surface area contributed by atoms with E-state index in [1.54, 1.807) is 6.92 Å². The Labute approximate surface area is 193 Å². The molecule has 0 aliphatic heterocycles. The monoisotopic (exact) mass is 465 g/mol. The number of benzene rings is 2. The van der Waals surface area contributed by atoms with Crippen LogP contribution in [0.5, 0.6) is 11.5 Å². The number of nitro benzene ring substituents is 1. The number of ether oxygens (including phenoxy) is 2. The van der Waals surface area contributed by atoms with Gasteiger partial charge in [0.05, 0.1) is 35.4 Å². The van der Waals surface area contributed by atoms with Crippen LogP contribution in [0.3, 0.4) is 0 Å². The van der Waals surface area contributed by atoms with Crippen LogP contribution in [0.4, 0.5) is 10.7 Å². The Morgan fingerprint density at radius 3 is 2.67 bits per heavy atom. The van der Waals surface area contributed by atoms with E-state index in [2.05, 4.69) is 10.5 Å². The molecule has 0 saturated heterocycles. The number of nitrogen functional groups attached to an aromatic ring is 1. The van der Waals surface area contributed by atoms with E-state index in [-0.39, 0.29) is 44.8 Å². The fraction of sp³-hybridized carbons (Fsp3) is 0.136. The zero-order valence-corrected chi connectivity index (χ0v) is 18.5. The van der Waals surface area contributed by atoms with Gasteiger partial charge in [-0.05, 0) is 24.1 Å². The molecule has 3 N–H and O–H groups in total. The number of amides is 1. The number of nitrogens with one attached hydrogen (secondary N) is 1. The number of thiophene rings is 1. The highest BCUT2D eigenvalue weighted by Gasteiger charge is 2.20. The molecule has 11 heteroatoms. The third-order valence-corrected chi connectivity index (χ3v) is 5.73. The van der Waals surface area contributed by atoms with Crippen LogP contribution in [-0.4, -0.2) is 24.2 Å². The van der Waals surface area contributed by atoms with Gasteiger partial charge in [-0.2, -0.15) is 10.4 Å². The lowest BCUT2D eigenvalue weighted by atomic mass is 10.1.